The monoisotopic (exact) mass is 420 g/mol. The minimum Gasteiger partial charge on any atom is -0.477 e. The Hall–Kier alpha value is -1.83. The number of piperazine rings is 1. The van der Waals surface area contributed by atoms with Gasteiger partial charge in [-0.05, 0) is 36.5 Å². The van der Waals surface area contributed by atoms with Gasteiger partial charge >= 0.3 is 6.03 Å². The number of carbonyl (C=O) groups is 1. The summed E-state index contributed by atoms with van der Waals surface area (Å²) >= 11 is 7.61. The van der Waals surface area contributed by atoms with E-state index in [1.165, 1.54) is 17.7 Å². The van der Waals surface area contributed by atoms with Crippen LogP contribution < -0.4 is 10.1 Å². The molecule has 6 nitrogen and oxygen atoms in total. The van der Waals surface area contributed by atoms with E-state index < -0.39 is 0 Å². The first-order chi connectivity index (χ1) is 13.7. The first-order valence-electron chi connectivity index (χ1n) is 9.73. The fourth-order valence-corrected chi connectivity index (χ4v) is 4.27. The lowest BCUT2D eigenvalue weighted by molar-refractivity contribution is 0.135. The van der Waals surface area contributed by atoms with Crippen LogP contribution >= 0.6 is 22.9 Å². The van der Waals surface area contributed by atoms with Crippen molar-refractivity contribution < 1.29 is 9.53 Å². The van der Waals surface area contributed by atoms with Gasteiger partial charge in [-0.15, -0.1) is 11.3 Å². The molecule has 1 aliphatic heterocycles. The van der Waals surface area contributed by atoms with Gasteiger partial charge in [0.15, 0.2) is 0 Å². The third kappa shape index (κ3) is 5.59. The zero-order valence-electron chi connectivity index (χ0n) is 15.8. The average molecular weight is 421 g/mol. The van der Waals surface area contributed by atoms with Crippen molar-refractivity contribution >= 4 is 29.0 Å². The molecule has 2 fully saturated rings. The van der Waals surface area contributed by atoms with Crippen LogP contribution in [0.3, 0.4) is 0 Å². The molecule has 28 heavy (non-hydrogen) atoms. The molecule has 0 aromatic carbocycles. The Bertz CT molecular complexity index is 786. The summed E-state index contributed by atoms with van der Waals surface area (Å²) in [5, 5.41) is 2.99. The molecule has 2 aromatic heterocycles. The van der Waals surface area contributed by atoms with Gasteiger partial charge in [-0.25, -0.2) is 9.78 Å². The molecule has 2 amide bonds. The number of nitrogens with one attached hydrogen (secondary N) is 1. The molecule has 3 heterocycles. The number of aromatic nitrogens is 1. The summed E-state index contributed by atoms with van der Waals surface area (Å²) in [6, 6.07) is 7.82. The van der Waals surface area contributed by atoms with Crippen LogP contribution in [-0.2, 0) is 13.1 Å². The highest BCUT2D eigenvalue weighted by atomic mass is 35.5. The summed E-state index contributed by atoms with van der Waals surface area (Å²) in [6.45, 7) is 5.34. The van der Waals surface area contributed by atoms with Gasteiger partial charge in [0.1, 0.15) is 0 Å². The second kappa shape index (κ2) is 9.11. The zero-order valence-corrected chi connectivity index (χ0v) is 17.3. The number of ether oxygens (including phenoxy) is 1. The van der Waals surface area contributed by atoms with Gasteiger partial charge in [0.05, 0.1) is 10.9 Å². The van der Waals surface area contributed by atoms with Crippen LogP contribution in [0.2, 0.25) is 4.34 Å². The standard InChI is InChI=1S/C20H25ClN4O2S/c21-18-5-4-17(28-18)13-24-7-9-25(10-8-24)20(26)23-12-16-3-6-19(22-11-16)27-14-15-1-2-15/h3-6,11,15H,1-2,7-10,12-14H2,(H,23,26). The first-order valence-corrected chi connectivity index (χ1v) is 10.9. The Morgan fingerprint density at radius 3 is 2.68 bits per heavy atom. The molecule has 0 radical (unpaired) electrons. The highest BCUT2D eigenvalue weighted by molar-refractivity contribution is 7.16. The van der Waals surface area contributed by atoms with E-state index in [4.69, 9.17) is 16.3 Å². The van der Waals surface area contributed by atoms with E-state index in [9.17, 15) is 4.79 Å². The number of urea groups is 1. The molecule has 0 bridgehead atoms. The Labute approximate surface area is 174 Å². The number of hydrogen-bond donors (Lipinski definition) is 1. The van der Waals surface area contributed by atoms with Crippen molar-refractivity contribution in [1.82, 2.24) is 20.1 Å². The number of hydrogen-bond acceptors (Lipinski definition) is 5. The van der Waals surface area contributed by atoms with Gasteiger partial charge in [0.2, 0.25) is 5.88 Å². The smallest absolute Gasteiger partial charge is 0.317 e. The van der Waals surface area contributed by atoms with Gasteiger partial charge in [-0.2, -0.15) is 0 Å². The number of amides is 2. The van der Waals surface area contributed by atoms with Crippen molar-refractivity contribution in [3.63, 3.8) is 0 Å². The molecule has 4 rings (SSSR count). The number of carbonyl (C=O) groups excluding carboxylic acids is 1. The van der Waals surface area contributed by atoms with Crippen LogP contribution in [0.5, 0.6) is 5.88 Å². The lowest BCUT2D eigenvalue weighted by Gasteiger charge is -2.34. The number of pyridine rings is 1. The van der Waals surface area contributed by atoms with Gasteiger partial charge in [-0.3, -0.25) is 4.90 Å². The molecule has 0 spiro atoms. The molecule has 150 valence electrons. The van der Waals surface area contributed by atoms with E-state index >= 15 is 0 Å². The van der Waals surface area contributed by atoms with Gasteiger partial charge in [0.25, 0.3) is 0 Å². The van der Waals surface area contributed by atoms with Crippen LogP contribution in [0.1, 0.15) is 23.3 Å². The van der Waals surface area contributed by atoms with E-state index in [1.807, 2.05) is 23.1 Å². The SMILES string of the molecule is O=C(NCc1ccc(OCC2CC2)nc1)N1CCN(Cc2ccc(Cl)s2)CC1. The van der Waals surface area contributed by atoms with E-state index in [0.29, 0.717) is 18.3 Å². The quantitative estimate of drug-likeness (QED) is 0.743. The summed E-state index contributed by atoms with van der Waals surface area (Å²) in [5.74, 6) is 1.37. The predicted molar refractivity (Wildman–Crippen MR) is 111 cm³/mol. The van der Waals surface area contributed by atoms with Crippen molar-refractivity contribution in [1.29, 1.82) is 0 Å². The topological polar surface area (TPSA) is 57.7 Å². The van der Waals surface area contributed by atoms with Crippen molar-refractivity contribution in [2.24, 2.45) is 5.92 Å². The fraction of sp³-hybridized carbons (Fsp3) is 0.500. The number of halogens is 1. The second-order valence-electron chi connectivity index (χ2n) is 7.39. The summed E-state index contributed by atoms with van der Waals surface area (Å²) in [7, 11) is 0. The normalized spacial score (nSPS) is 17.5. The summed E-state index contributed by atoms with van der Waals surface area (Å²) < 4.78 is 6.47. The molecule has 1 saturated carbocycles. The second-order valence-corrected chi connectivity index (χ2v) is 9.19. The van der Waals surface area contributed by atoms with Crippen LogP contribution in [0.25, 0.3) is 0 Å². The van der Waals surface area contributed by atoms with Crippen LogP contribution in [0.4, 0.5) is 4.79 Å². The molecule has 1 saturated heterocycles. The van der Waals surface area contributed by atoms with E-state index in [0.717, 1.165) is 49.2 Å². The highest BCUT2D eigenvalue weighted by Gasteiger charge is 2.22. The minimum atomic E-state index is -0.0205. The summed E-state index contributed by atoms with van der Waals surface area (Å²) in [6.07, 6.45) is 4.30. The maximum atomic E-state index is 12.4. The molecule has 2 aromatic rings. The third-order valence-corrected chi connectivity index (χ3v) is 6.29. The number of nitrogens with zero attached hydrogens (tertiary/aromatic N) is 3. The van der Waals surface area contributed by atoms with Gasteiger partial charge in [0, 0.05) is 56.4 Å². The zero-order chi connectivity index (χ0) is 19.3. The van der Waals surface area contributed by atoms with Crippen molar-refractivity contribution in [2.75, 3.05) is 32.8 Å². The predicted octanol–water partition coefficient (Wildman–Crippen LogP) is 3.61. The Kier molecular flexibility index (Phi) is 6.34. The van der Waals surface area contributed by atoms with Crippen LogP contribution in [0.15, 0.2) is 30.5 Å². The molecule has 0 unspecified atom stereocenters. The molecular formula is C20H25ClN4O2S. The average Bonchev–Trinajstić information content (AvgIpc) is 3.46. The third-order valence-electron chi connectivity index (χ3n) is 5.07. The number of rotatable bonds is 7. The van der Waals surface area contributed by atoms with Crippen LogP contribution in [-0.4, -0.2) is 53.6 Å². The van der Waals surface area contributed by atoms with E-state index in [-0.39, 0.29) is 6.03 Å². The molecule has 2 aliphatic rings. The summed E-state index contributed by atoms with van der Waals surface area (Å²) in [4.78, 5) is 22.2. The first kappa shape index (κ1) is 19.5. The fourth-order valence-electron chi connectivity index (χ4n) is 3.14. The number of thiophene rings is 1. The van der Waals surface area contributed by atoms with Crippen molar-refractivity contribution in [3.05, 3.63) is 45.2 Å². The molecule has 1 N–H and O–H groups in total. The maximum absolute atomic E-state index is 12.4. The van der Waals surface area contributed by atoms with Gasteiger partial charge in [-0.1, -0.05) is 17.7 Å². The molecule has 1 aliphatic carbocycles. The van der Waals surface area contributed by atoms with E-state index in [1.54, 1.807) is 17.5 Å². The summed E-state index contributed by atoms with van der Waals surface area (Å²) in [5.41, 5.74) is 0.973. The van der Waals surface area contributed by atoms with Gasteiger partial charge < -0.3 is 15.0 Å². The minimum absolute atomic E-state index is 0.0205. The Morgan fingerprint density at radius 2 is 2.04 bits per heavy atom. The molecule has 8 heteroatoms. The van der Waals surface area contributed by atoms with E-state index in [2.05, 4.69) is 21.3 Å². The lowest BCUT2D eigenvalue weighted by atomic mass is 10.3. The van der Waals surface area contributed by atoms with Crippen LogP contribution in [0, 0.1) is 5.92 Å². The Balaban J connectivity index is 1.17. The Morgan fingerprint density at radius 1 is 1.21 bits per heavy atom. The van der Waals surface area contributed by atoms with Crippen molar-refractivity contribution in [3.8, 4) is 5.88 Å². The lowest BCUT2D eigenvalue weighted by Crippen LogP contribution is -2.51. The largest absolute Gasteiger partial charge is 0.477 e. The highest BCUT2D eigenvalue weighted by Crippen LogP contribution is 2.29. The van der Waals surface area contributed by atoms with Crippen molar-refractivity contribution in [2.45, 2.75) is 25.9 Å². The molecule has 0 atom stereocenters. The maximum Gasteiger partial charge on any atom is 0.317 e. The molecular weight excluding hydrogens is 396 g/mol.